The average molecular weight is 375 g/mol. The highest BCUT2D eigenvalue weighted by atomic mass is 16.2. The third kappa shape index (κ3) is 4.96. The molecule has 0 atom stereocenters. The van der Waals surface area contributed by atoms with Gasteiger partial charge in [0.05, 0.1) is 6.54 Å². The third-order valence-corrected chi connectivity index (χ3v) is 4.48. The molecule has 0 radical (unpaired) electrons. The Morgan fingerprint density at radius 2 is 1.61 bits per heavy atom. The Hall–Kier alpha value is -3.18. The first kappa shape index (κ1) is 19.6. The van der Waals surface area contributed by atoms with E-state index in [-0.39, 0.29) is 18.4 Å². The van der Waals surface area contributed by atoms with Gasteiger partial charge in [-0.3, -0.25) is 14.5 Å². The standard InChI is InChI=1S/C23H25N3O2/c1-25(2)23(28)20-9-6-10-21(14-20)24-22(27)16-26(3)15-17-11-12-18-7-4-5-8-19(18)13-17/h4-14H,15-16H2,1-3H3,(H,24,27). The van der Waals surface area contributed by atoms with Crippen molar-refractivity contribution in [2.75, 3.05) is 33.0 Å². The van der Waals surface area contributed by atoms with Crippen LogP contribution in [0.5, 0.6) is 0 Å². The van der Waals surface area contributed by atoms with Crippen LogP contribution in [0.25, 0.3) is 10.8 Å². The topological polar surface area (TPSA) is 52.7 Å². The summed E-state index contributed by atoms with van der Waals surface area (Å²) in [6, 6.07) is 21.6. The van der Waals surface area contributed by atoms with Gasteiger partial charge in [0, 0.05) is 31.9 Å². The lowest BCUT2D eigenvalue weighted by molar-refractivity contribution is -0.117. The van der Waals surface area contributed by atoms with Gasteiger partial charge >= 0.3 is 0 Å². The average Bonchev–Trinajstić information content (AvgIpc) is 2.67. The molecular weight excluding hydrogens is 350 g/mol. The highest BCUT2D eigenvalue weighted by molar-refractivity contribution is 5.97. The minimum atomic E-state index is -0.113. The second kappa shape index (κ2) is 8.67. The zero-order valence-corrected chi connectivity index (χ0v) is 16.5. The van der Waals surface area contributed by atoms with Crippen molar-refractivity contribution < 1.29 is 9.59 Å². The number of hydrogen-bond acceptors (Lipinski definition) is 3. The van der Waals surface area contributed by atoms with E-state index >= 15 is 0 Å². The number of anilines is 1. The number of benzene rings is 3. The minimum absolute atomic E-state index is 0.0930. The van der Waals surface area contributed by atoms with Gasteiger partial charge in [0.2, 0.25) is 5.91 Å². The van der Waals surface area contributed by atoms with Crippen LogP contribution in [-0.2, 0) is 11.3 Å². The van der Waals surface area contributed by atoms with Crippen molar-refractivity contribution in [2.45, 2.75) is 6.54 Å². The molecule has 1 N–H and O–H groups in total. The van der Waals surface area contributed by atoms with E-state index in [1.165, 1.54) is 15.7 Å². The van der Waals surface area contributed by atoms with E-state index in [0.717, 1.165) is 5.56 Å². The number of nitrogens with one attached hydrogen (secondary N) is 1. The molecule has 0 heterocycles. The molecule has 0 unspecified atom stereocenters. The summed E-state index contributed by atoms with van der Waals surface area (Å²) in [6.45, 7) is 0.941. The summed E-state index contributed by atoms with van der Waals surface area (Å²) in [7, 11) is 5.32. The second-order valence-electron chi connectivity index (χ2n) is 7.18. The van der Waals surface area contributed by atoms with Crippen LogP contribution in [0, 0.1) is 0 Å². The Balaban J connectivity index is 1.59. The van der Waals surface area contributed by atoms with E-state index in [4.69, 9.17) is 0 Å². The fourth-order valence-corrected chi connectivity index (χ4v) is 3.14. The molecule has 2 amide bonds. The molecule has 5 heteroatoms. The molecule has 28 heavy (non-hydrogen) atoms. The monoisotopic (exact) mass is 375 g/mol. The molecule has 0 bridgehead atoms. The van der Waals surface area contributed by atoms with Crippen LogP contribution in [0.1, 0.15) is 15.9 Å². The third-order valence-electron chi connectivity index (χ3n) is 4.48. The summed E-state index contributed by atoms with van der Waals surface area (Å²) in [5.41, 5.74) is 2.33. The maximum absolute atomic E-state index is 12.4. The van der Waals surface area contributed by atoms with Gasteiger partial charge in [0.1, 0.15) is 0 Å². The quantitative estimate of drug-likeness (QED) is 0.716. The van der Waals surface area contributed by atoms with Crippen molar-refractivity contribution in [3.63, 3.8) is 0 Å². The van der Waals surface area contributed by atoms with Gasteiger partial charge in [0.25, 0.3) is 5.91 Å². The van der Waals surface area contributed by atoms with Crippen molar-refractivity contribution in [1.82, 2.24) is 9.80 Å². The Labute approximate surface area is 165 Å². The van der Waals surface area contributed by atoms with E-state index in [1.54, 1.807) is 38.4 Å². The predicted molar refractivity (Wildman–Crippen MR) is 113 cm³/mol. The zero-order valence-electron chi connectivity index (χ0n) is 16.5. The van der Waals surface area contributed by atoms with Gasteiger partial charge in [0.15, 0.2) is 0 Å². The Bertz CT molecular complexity index is 998. The van der Waals surface area contributed by atoms with Gasteiger partial charge in [-0.05, 0) is 47.6 Å². The fourth-order valence-electron chi connectivity index (χ4n) is 3.14. The highest BCUT2D eigenvalue weighted by Gasteiger charge is 2.11. The molecule has 0 saturated carbocycles. The molecule has 0 aliphatic carbocycles. The molecule has 0 aliphatic heterocycles. The van der Waals surface area contributed by atoms with E-state index in [2.05, 4.69) is 35.6 Å². The Morgan fingerprint density at radius 1 is 0.857 bits per heavy atom. The SMILES string of the molecule is CN(CC(=O)Nc1cccc(C(=O)N(C)C)c1)Cc1ccc2ccccc2c1. The molecule has 0 aliphatic rings. The molecular formula is C23H25N3O2. The number of carbonyl (C=O) groups excluding carboxylic acids is 2. The van der Waals surface area contributed by atoms with Crippen molar-refractivity contribution in [2.24, 2.45) is 0 Å². The van der Waals surface area contributed by atoms with Gasteiger partial charge in [-0.2, -0.15) is 0 Å². The van der Waals surface area contributed by atoms with Crippen molar-refractivity contribution >= 4 is 28.3 Å². The summed E-state index contributed by atoms with van der Waals surface area (Å²) in [5, 5.41) is 5.27. The largest absolute Gasteiger partial charge is 0.345 e. The van der Waals surface area contributed by atoms with Crippen LogP contribution in [-0.4, -0.2) is 49.3 Å². The molecule has 0 fully saturated rings. The second-order valence-corrected chi connectivity index (χ2v) is 7.18. The first-order valence-corrected chi connectivity index (χ1v) is 9.20. The Kier molecular flexibility index (Phi) is 6.06. The molecule has 0 aromatic heterocycles. The normalized spacial score (nSPS) is 10.9. The van der Waals surface area contributed by atoms with Crippen molar-refractivity contribution in [3.8, 4) is 0 Å². The molecule has 144 valence electrons. The number of likely N-dealkylation sites (N-methyl/N-ethyl adjacent to an activating group) is 1. The number of amides is 2. The molecule has 0 saturated heterocycles. The lowest BCUT2D eigenvalue weighted by Gasteiger charge is -2.17. The smallest absolute Gasteiger partial charge is 0.253 e. The van der Waals surface area contributed by atoms with E-state index < -0.39 is 0 Å². The predicted octanol–water partition coefficient (Wildman–Crippen LogP) is 3.61. The number of rotatable bonds is 6. The molecule has 3 aromatic carbocycles. The highest BCUT2D eigenvalue weighted by Crippen LogP contribution is 2.17. The number of nitrogens with zero attached hydrogens (tertiary/aromatic N) is 2. The van der Waals surface area contributed by atoms with Crippen LogP contribution in [0.4, 0.5) is 5.69 Å². The molecule has 5 nitrogen and oxygen atoms in total. The molecule has 0 spiro atoms. The number of fused-ring (bicyclic) bond motifs is 1. The zero-order chi connectivity index (χ0) is 20.1. The molecule has 3 aromatic rings. The maximum atomic E-state index is 12.4. The van der Waals surface area contributed by atoms with Gasteiger partial charge in [-0.25, -0.2) is 0 Å². The van der Waals surface area contributed by atoms with Crippen LogP contribution in [0.3, 0.4) is 0 Å². The van der Waals surface area contributed by atoms with Gasteiger partial charge in [-0.15, -0.1) is 0 Å². The summed E-state index contributed by atoms with van der Waals surface area (Å²) < 4.78 is 0. The fraction of sp³-hybridized carbons (Fsp3) is 0.217. The van der Waals surface area contributed by atoms with Crippen LogP contribution in [0.15, 0.2) is 66.7 Å². The summed E-state index contributed by atoms with van der Waals surface area (Å²) in [4.78, 5) is 27.9. The maximum Gasteiger partial charge on any atom is 0.253 e. The van der Waals surface area contributed by atoms with E-state index in [0.29, 0.717) is 17.8 Å². The van der Waals surface area contributed by atoms with Gasteiger partial charge < -0.3 is 10.2 Å². The number of hydrogen-bond donors (Lipinski definition) is 1. The first-order valence-electron chi connectivity index (χ1n) is 9.20. The minimum Gasteiger partial charge on any atom is -0.345 e. The Morgan fingerprint density at radius 3 is 2.36 bits per heavy atom. The van der Waals surface area contributed by atoms with E-state index in [9.17, 15) is 9.59 Å². The first-order chi connectivity index (χ1) is 13.4. The lowest BCUT2D eigenvalue weighted by atomic mass is 10.1. The van der Waals surface area contributed by atoms with E-state index in [1.807, 2.05) is 24.1 Å². The summed E-state index contributed by atoms with van der Waals surface area (Å²) >= 11 is 0. The van der Waals surface area contributed by atoms with Crippen LogP contribution < -0.4 is 5.32 Å². The van der Waals surface area contributed by atoms with Crippen LogP contribution in [0.2, 0.25) is 0 Å². The summed E-state index contributed by atoms with van der Waals surface area (Å²) in [6.07, 6.45) is 0. The van der Waals surface area contributed by atoms with Crippen LogP contribution >= 0.6 is 0 Å². The summed E-state index contributed by atoms with van der Waals surface area (Å²) in [5.74, 6) is -0.206. The lowest BCUT2D eigenvalue weighted by Crippen LogP contribution is -2.30. The molecule has 3 rings (SSSR count). The van der Waals surface area contributed by atoms with Gasteiger partial charge in [-0.1, -0.05) is 42.5 Å². The van der Waals surface area contributed by atoms with Crippen molar-refractivity contribution in [3.05, 3.63) is 77.9 Å². The van der Waals surface area contributed by atoms with Crippen molar-refractivity contribution in [1.29, 1.82) is 0 Å². The number of carbonyl (C=O) groups is 2.